The molecule has 0 aliphatic rings. The number of nitro benzene ring substituents is 1. The van der Waals surface area contributed by atoms with Crippen molar-refractivity contribution in [1.29, 1.82) is 0 Å². The number of hydrogen-bond donors (Lipinski definition) is 1. The summed E-state index contributed by atoms with van der Waals surface area (Å²) in [7, 11) is 0. The summed E-state index contributed by atoms with van der Waals surface area (Å²) < 4.78 is 15.2. The van der Waals surface area contributed by atoms with Crippen LogP contribution in [0.15, 0.2) is 46.8 Å². The lowest BCUT2D eigenvalue weighted by Crippen LogP contribution is -2.12. The summed E-state index contributed by atoms with van der Waals surface area (Å²) in [6.45, 7) is 0. The van der Waals surface area contributed by atoms with E-state index in [1.807, 2.05) is 24.3 Å². The maximum atomic E-state index is 13.3. The lowest BCUT2D eigenvalue weighted by Gasteiger charge is -2.05. The first-order valence-corrected chi connectivity index (χ1v) is 9.05. The van der Waals surface area contributed by atoms with Crippen molar-refractivity contribution >= 4 is 50.6 Å². The number of halogens is 1. The van der Waals surface area contributed by atoms with Crippen molar-refractivity contribution < 1.29 is 14.1 Å². The van der Waals surface area contributed by atoms with E-state index in [1.165, 1.54) is 17.8 Å². The van der Waals surface area contributed by atoms with Gasteiger partial charge in [-0.1, -0.05) is 23.9 Å². The second kappa shape index (κ2) is 7.58. The fraction of sp³-hybridized carbons (Fsp3) is 0.125. The number of rotatable bonds is 6. The molecule has 0 bridgehead atoms. The fourth-order valence-corrected chi connectivity index (χ4v) is 4.17. The molecule has 0 saturated carbocycles. The van der Waals surface area contributed by atoms with Gasteiger partial charge in [0.1, 0.15) is 0 Å². The van der Waals surface area contributed by atoms with E-state index in [4.69, 9.17) is 0 Å². The SMILES string of the molecule is O=C(CCSc1nc2ccccc2s1)Nc1ccc(F)c([N+](=O)[O-])c1. The van der Waals surface area contributed by atoms with E-state index in [-0.39, 0.29) is 18.0 Å². The van der Waals surface area contributed by atoms with Gasteiger partial charge in [-0.25, -0.2) is 4.98 Å². The van der Waals surface area contributed by atoms with Crippen LogP contribution in [0.25, 0.3) is 10.2 Å². The molecule has 9 heteroatoms. The maximum absolute atomic E-state index is 13.3. The summed E-state index contributed by atoms with van der Waals surface area (Å²) in [5.74, 6) is -0.710. The molecule has 1 amide bonds. The zero-order valence-corrected chi connectivity index (χ0v) is 14.4. The van der Waals surface area contributed by atoms with E-state index in [9.17, 15) is 19.3 Å². The fourth-order valence-electron chi connectivity index (χ4n) is 2.10. The van der Waals surface area contributed by atoms with Crippen molar-refractivity contribution in [3.05, 3.63) is 58.4 Å². The minimum atomic E-state index is -0.936. The van der Waals surface area contributed by atoms with Crippen molar-refractivity contribution in [2.45, 2.75) is 10.8 Å². The van der Waals surface area contributed by atoms with Crippen LogP contribution in [0.4, 0.5) is 15.8 Å². The Bertz CT molecular complexity index is 912. The number of carbonyl (C=O) groups is 1. The smallest absolute Gasteiger partial charge is 0.306 e. The number of thioether (sulfide) groups is 1. The van der Waals surface area contributed by atoms with Gasteiger partial charge in [-0.15, -0.1) is 11.3 Å². The number of nitrogens with zero attached hydrogens (tertiary/aromatic N) is 2. The molecule has 3 rings (SSSR count). The molecule has 0 spiro atoms. The lowest BCUT2D eigenvalue weighted by molar-refractivity contribution is -0.387. The number of carbonyl (C=O) groups excluding carboxylic acids is 1. The average molecular weight is 377 g/mol. The number of amides is 1. The second-order valence-corrected chi connectivity index (χ2v) is 7.39. The lowest BCUT2D eigenvalue weighted by atomic mass is 10.2. The molecule has 25 heavy (non-hydrogen) atoms. The molecule has 0 unspecified atom stereocenters. The molecule has 1 aromatic heterocycles. The first-order valence-electron chi connectivity index (χ1n) is 7.25. The maximum Gasteiger partial charge on any atom is 0.306 e. The third-order valence-electron chi connectivity index (χ3n) is 3.26. The molecule has 2 aromatic carbocycles. The van der Waals surface area contributed by atoms with Gasteiger partial charge in [-0.2, -0.15) is 4.39 Å². The number of para-hydroxylation sites is 1. The van der Waals surface area contributed by atoms with Gasteiger partial charge in [-0.3, -0.25) is 14.9 Å². The van der Waals surface area contributed by atoms with Crippen molar-refractivity contribution in [2.24, 2.45) is 0 Å². The highest BCUT2D eigenvalue weighted by atomic mass is 32.2. The van der Waals surface area contributed by atoms with Gasteiger partial charge in [-0.05, 0) is 24.3 Å². The Morgan fingerprint density at radius 3 is 2.88 bits per heavy atom. The molecule has 3 aromatic rings. The summed E-state index contributed by atoms with van der Waals surface area (Å²) in [5, 5.41) is 13.2. The molecule has 0 atom stereocenters. The van der Waals surface area contributed by atoms with E-state index < -0.39 is 16.4 Å². The van der Waals surface area contributed by atoms with Gasteiger partial charge in [0, 0.05) is 23.9 Å². The minimum Gasteiger partial charge on any atom is -0.326 e. The van der Waals surface area contributed by atoms with Gasteiger partial charge >= 0.3 is 5.69 Å². The van der Waals surface area contributed by atoms with Crippen molar-refractivity contribution in [1.82, 2.24) is 4.98 Å². The number of nitrogens with one attached hydrogen (secondary N) is 1. The topological polar surface area (TPSA) is 85.1 Å². The predicted octanol–water partition coefficient (Wildman–Crippen LogP) is 4.46. The number of aromatic nitrogens is 1. The van der Waals surface area contributed by atoms with Crippen molar-refractivity contribution in [3.63, 3.8) is 0 Å². The third-order valence-corrected chi connectivity index (χ3v) is 5.44. The van der Waals surface area contributed by atoms with Crippen LogP contribution in [0.3, 0.4) is 0 Å². The minimum absolute atomic E-state index is 0.197. The highest BCUT2D eigenvalue weighted by Crippen LogP contribution is 2.29. The Balaban J connectivity index is 1.54. The standard InChI is InChI=1S/C16H12FN3O3S2/c17-11-6-5-10(9-13(11)20(22)23)18-15(21)7-8-24-16-19-12-3-1-2-4-14(12)25-16/h1-6,9H,7-8H2,(H,18,21). The molecular formula is C16H12FN3O3S2. The number of fused-ring (bicyclic) bond motifs is 1. The van der Waals surface area contributed by atoms with Crippen LogP contribution in [0.1, 0.15) is 6.42 Å². The first kappa shape index (κ1) is 17.3. The summed E-state index contributed by atoms with van der Waals surface area (Å²) in [4.78, 5) is 26.3. The van der Waals surface area contributed by atoms with Crippen molar-refractivity contribution in [3.8, 4) is 0 Å². The van der Waals surface area contributed by atoms with Gasteiger partial charge < -0.3 is 5.32 Å². The Morgan fingerprint density at radius 1 is 1.32 bits per heavy atom. The number of nitro groups is 1. The highest BCUT2D eigenvalue weighted by Gasteiger charge is 2.15. The van der Waals surface area contributed by atoms with E-state index in [1.54, 1.807) is 11.3 Å². The van der Waals surface area contributed by atoms with Crippen LogP contribution >= 0.6 is 23.1 Å². The highest BCUT2D eigenvalue weighted by molar-refractivity contribution is 8.01. The molecule has 0 fully saturated rings. The van der Waals surface area contributed by atoms with Gasteiger partial charge in [0.05, 0.1) is 15.1 Å². The largest absolute Gasteiger partial charge is 0.326 e. The average Bonchev–Trinajstić information content (AvgIpc) is 2.99. The molecule has 128 valence electrons. The normalized spacial score (nSPS) is 10.8. The quantitative estimate of drug-likeness (QED) is 0.389. The van der Waals surface area contributed by atoms with Crippen LogP contribution in [-0.4, -0.2) is 21.6 Å². The summed E-state index contributed by atoms with van der Waals surface area (Å²) >= 11 is 3.04. The summed E-state index contributed by atoms with van der Waals surface area (Å²) in [6, 6.07) is 11.1. The van der Waals surface area contributed by atoms with Crippen LogP contribution in [0, 0.1) is 15.9 Å². The van der Waals surface area contributed by atoms with E-state index in [0.717, 1.165) is 26.7 Å². The Kier molecular flexibility index (Phi) is 5.25. The van der Waals surface area contributed by atoms with Crippen LogP contribution in [0.2, 0.25) is 0 Å². The first-order chi connectivity index (χ1) is 12.0. The summed E-state index contributed by atoms with van der Waals surface area (Å²) in [6.07, 6.45) is 0.214. The van der Waals surface area contributed by atoms with Gasteiger partial charge in [0.15, 0.2) is 4.34 Å². The zero-order chi connectivity index (χ0) is 17.8. The molecule has 0 radical (unpaired) electrons. The molecular weight excluding hydrogens is 365 g/mol. The van der Waals surface area contributed by atoms with Gasteiger partial charge in [0.25, 0.3) is 0 Å². The molecule has 1 N–H and O–H groups in total. The number of thiazole rings is 1. The Hall–Kier alpha value is -2.52. The van der Waals surface area contributed by atoms with Crippen LogP contribution in [-0.2, 0) is 4.79 Å². The van der Waals surface area contributed by atoms with Crippen LogP contribution in [0.5, 0.6) is 0 Å². The summed E-state index contributed by atoms with van der Waals surface area (Å²) in [5.41, 5.74) is 0.461. The molecule has 0 saturated heterocycles. The van der Waals surface area contributed by atoms with Crippen molar-refractivity contribution in [2.75, 3.05) is 11.1 Å². The number of benzene rings is 2. The molecule has 0 aliphatic heterocycles. The zero-order valence-electron chi connectivity index (χ0n) is 12.8. The number of hydrogen-bond acceptors (Lipinski definition) is 6. The molecule has 6 nitrogen and oxygen atoms in total. The van der Waals surface area contributed by atoms with E-state index >= 15 is 0 Å². The number of anilines is 1. The second-order valence-electron chi connectivity index (χ2n) is 5.02. The Morgan fingerprint density at radius 2 is 2.12 bits per heavy atom. The molecule has 1 heterocycles. The van der Waals surface area contributed by atoms with Crippen LogP contribution < -0.4 is 5.32 Å². The molecule has 0 aliphatic carbocycles. The predicted molar refractivity (Wildman–Crippen MR) is 96.6 cm³/mol. The van der Waals surface area contributed by atoms with E-state index in [0.29, 0.717) is 5.75 Å². The van der Waals surface area contributed by atoms with E-state index in [2.05, 4.69) is 10.3 Å². The Labute approximate surface area is 150 Å². The third kappa shape index (κ3) is 4.31. The van der Waals surface area contributed by atoms with Gasteiger partial charge in [0.2, 0.25) is 11.7 Å². The monoisotopic (exact) mass is 377 g/mol.